The summed E-state index contributed by atoms with van der Waals surface area (Å²) >= 11 is 0. The lowest BCUT2D eigenvalue weighted by molar-refractivity contribution is -0.128. The van der Waals surface area contributed by atoms with Crippen molar-refractivity contribution in [3.8, 4) is 0 Å². The highest BCUT2D eigenvalue weighted by atomic mass is 28.4. The number of allylic oxidation sites excluding steroid dienone is 4. The Kier molecular flexibility index (Phi) is 7.39. The molecule has 4 nitrogen and oxygen atoms in total. The lowest BCUT2D eigenvalue weighted by Gasteiger charge is -2.44. The van der Waals surface area contributed by atoms with Gasteiger partial charge in [0.25, 0.3) is 0 Å². The molecule has 5 heteroatoms. The van der Waals surface area contributed by atoms with Gasteiger partial charge in [-0.25, -0.2) is 0 Å². The van der Waals surface area contributed by atoms with Crippen molar-refractivity contribution in [3.63, 3.8) is 0 Å². The van der Waals surface area contributed by atoms with Crippen LogP contribution in [0.4, 0.5) is 0 Å². The van der Waals surface area contributed by atoms with Crippen LogP contribution in [0.3, 0.4) is 0 Å². The van der Waals surface area contributed by atoms with E-state index in [1.807, 2.05) is 19.6 Å². The fourth-order valence-corrected chi connectivity index (χ4v) is 11.6. The second kappa shape index (κ2) is 13.8. The quantitative estimate of drug-likeness (QED) is 0.159. The minimum absolute atomic E-state index is 0. The average Bonchev–Trinajstić information content (AvgIpc) is 3.94. The standard InChI is InChI=1S/C22H38O2Si.C19H32O2.CH4/c1-20(2,24-25(4,5)6)12-8-14-22(15-16-22)19-11-10-17-18(23)9-7-13-21(17,19)3;1-17(2,21)9-5-11-19(12-13-19)16-8-7-14-15(20)6-4-10-18(14,16)3;/h11,17H,7-10,12-16H2,1-6H3;8,14-15,20-21H,4-7,9-13H2,1-3H3;1H4/t17?,21-;14?,15-,18-;/m00./s1/i2*1D3,2D3;. The van der Waals surface area contributed by atoms with E-state index < -0.39 is 46.9 Å². The first-order valence-electron chi connectivity index (χ1n) is 24.3. The molecule has 0 radical (unpaired) electrons. The Labute approximate surface area is 308 Å². The Balaban J connectivity index is 0.000000259. The van der Waals surface area contributed by atoms with Crippen LogP contribution >= 0.6 is 0 Å². The summed E-state index contributed by atoms with van der Waals surface area (Å²) in [6.45, 7) is -1.33. The molecule has 6 rings (SSSR count). The Morgan fingerprint density at radius 1 is 0.872 bits per heavy atom. The van der Waals surface area contributed by atoms with E-state index in [9.17, 15) is 15.0 Å². The van der Waals surface area contributed by atoms with Crippen molar-refractivity contribution in [2.75, 3.05) is 0 Å². The van der Waals surface area contributed by atoms with Crippen molar-refractivity contribution < 1.29 is 35.9 Å². The van der Waals surface area contributed by atoms with Gasteiger partial charge in [0.15, 0.2) is 8.32 Å². The molecule has 6 aliphatic rings. The van der Waals surface area contributed by atoms with Crippen molar-refractivity contribution in [2.45, 2.75) is 201 Å². The zero-order valence-electron chi connectivity index (χ0n) is 41.3. The fourth-order valence-electron chi connectivity index (χ4n) is 10.4. The Hall–Kier alpha value is -0.753. The maximum absolute atomic E-state index is 12.5. The van der Waals surface area contributed by atoms with Crippen molar-refractivity contribution in [1.29, 1.82) is 0 Å². The monoisotopic (exact) mass is 683 g/mol. The van der Waals surface area contributed by atoms with Crippen molar-refractivity contribution in [1.82, 2.24) is 0 Å². The van der Waals surface area contributed by atoms with Gasteiger partial charge in [-0.3, -0.25) is 4.79 Å². The van der Waals surface area contributed by atoms with Crippen LogP contribution in [0.5, 0.6) is 0 Å². The summed E-state index contributed by atoms with van der Waals surface area (Å²) in [7, 11) is -2.43. The number of carbonyl (C=O) groups excluding carboxylic acids is 1. The molecule has 270 valence electrons. The van der Waals surface area contributed by atoms with E-state index in [1.165, 1.54) is 11.1 Å². The number of rotatable bonds is 12. The molecule has 0 aromatic carbocycles. The molecular formula is C42H74O4Si. The first-order chi connectivity index (χ1) is 26.2. The number of fused-ring (bicyclic) bond motifs is 2. The van der Waals surface area contributed by atoms with Gasteiger partial charge in [-0.05, 0) is 184 Å². The lowest BCUT2D eigenvalue weighted by atomic mass is 9.62. The van der Waals surface area contributed by atoms with Gasteiger partial charge in [-0.2, -0.15) is 0 Å². The molecule has 0 saturated heterocycles. The molecule has 0 aromatic heterocycles. The van der Waals surface area contributed by atoms with E-state index in [-0.39, 0.29) is 59.9 Å². The van der Waals surface area contributed by atoms with Crippen LogP contribution in [0, 0.1) is 33.5 Å². The van der Waals surface area contributed by atoms with Crippen LogP contribution in [-0.4, -0.2) is 41.6 Å². The molecule has 0 aromatic rings. The van der Waals surface area contributed by atoms with Gasteiger partial charge in [0.05, 0.1) is 17.3 Å². The van der Waals surface area contributed by atoms with E-state index >= 15 is 0 Å². The van der Waals surface area contributed by atoms with Crippen LogP contribution in [0.25, 0.3) is 0 Å². The highest BCUT2D eigenvalue weighted by Gasteiger charge is 2.58. The van der Waals surface area contributed by atoms with Gasteiger partial charge >= 0.3 is 0 Å². The zero-order chi connectivity index (χ0) is 43.8. The summed E-state index contributed by atoms with van der Waals surface area (Å²) < 4.78 is 99.6. The Morgan fingerprint density at radius 2 is 1.45 bits per heavy atom. The maximum atomic E-state index is 12.5. The average molecular weight is 683 g/mol. The summed E-state index contributed by atoms with van der Waals surface area (Å²) in [6, 6.07) is 0. The van der Waals surface area contributed by atoms with Crippen molar-refractivity contribution >= 4 is 14.1 Å². The summed E-state index contributed by atoms with van der Waals surface area (Å²) in [5.74, 6) is 0.733. The van der Waals surface area contributed by atoms with E-state index in [1.54, 1.807) is 0 Å². The summed E-state index contributed by atoms with van der Waals surface area (Å²) in [5, 5.41) is 20.9. The smallest absolute Gasteiger partial charge is 0.184 e. The summed E-state index contributed by atoms with van der Waals surface area (Å²) in [5.41, 5.74) is -2.07. The molecular weight excluding hydrogens is 597 g/mol. The third kappa shape index (κ3) is 8.59. The molecule has 4 saturated carbocycles. The molecule has 47 heavy (non-hydrogen) atoms. The van der Waals surface area contributed by atoms with Gasteiger partial charge in [-0.15, -0.1) is 0 Å². The van der Waals surface area contributed by atoms with Crippen LogP contribution in [0.1, 0.15) is 181 Å². The predicted octanol–water partition coefficient (Wildman–Crippen LogP) is 11.1. The van der Waals surface area contributed by atoms with E-state index in [0.29, 0.717) is 31.5 Å². The van der Waals surface area contributed by atoms with Crippen molar-refractivity contribution in [2.24, 2.45) is 33.5 Å². The molecule has 2 N–H and O–H groups in total. The SMILES string of the molecule is C.[2H]C([2H])([2H])C(CCCC1(C2=CCC3C(=O)CCC[C@]23C)CC1)(O[Si](C)(C)C)C([2H])([2H])[2H].[2H]C([2H])([2H])C(O)(CCCC1(C2=CCC3[C@@H](O)CCC[C@]23C)CC1)C([2H])([2H])[2H]. The van der Waals surface area contributed by atoms with Crippen LogP contribution in [-0.2, 0) is 9.22 Å². The van der Waals surface area contributed by atoms with Crippen LogP contribution in [0.2, 0.25) is 19.6 Å². The molecule has 0 amide bonds. The molecule has 4 fully saturated rings. The number of Topliss-reactive ketones (excluding diaryl/α,β-unsaturated/α-hetero) is 1. The van der Waals surface area contributed by atoms with Crippen LogP contribution < -0.4 is 0 Å². The molecule has 0 bridgehead atoms. The molecule has 5 atom stereocenters. The largest absolute Gasteiger partial charge is 0.413 e. The van der Waals surface area contributed by atoms with Gasteiger partial charge in [0.2, 0.25) is 0 Å². The third-order valence-corrected chi connectivity index (χ3v) is 13.8. The Bertz CT molecular complexity index is 1550. The Morgan fingerprint density at radius 3 is 2.02 bits per heavy atom. The molecule has 0 aliphatic heterocycles. The normalized spacial score (nSPS) is 38.7. The first kappa shape index (κ1) is 25.2. The topological polar surface area (TPSA) is 66.8 Å². The number of ketones is 1. The molecule has 6 aliphatic carbocycles. The van der Waals surface area contributed by atoms with E-state index in [4.69, 9.17) is 20.9 Å². The van der Waals surface area contributed by atoms with Gasteiger partial charge in [-0.1, -0.05) is 44.6 Å². The third-order valence-electron chi connectivity index (χ3n) is 12.8. The highest BCUT2D eigenvalue weighted by Crippen LogP contribution is 2.68. The summed E-state index contributed by atoms with van der Waals surface area (Å²) in [4.78, 5) is 12.5. The number of hydrogen-bond acceptors (Lipinski definition) is 4. The zero-order valence-corrected chi connectivity index (χ0v) is 30.3. The second-order valence-corrected chi connectivity index (χ2v) is 22.1. The molecule has 2 unspecified atom stereocenters. The van der Waals surface area contributed by atoms with Crippen LogP contribution in [0.15, 0.2) is 23.3 Å². The lowest BCUT2D eigenvalue weighted by Crippen LogP contribution is -2.40. The predicted molar refractivity (Wildman–Crippen MR) is 200 cm³/mol. The van der Waals surface area contributed by atoms with Crippen molar-refractivity contribution in [3.05, 3.63) is 23.3 Å². The number of aliphatic hydroxyl groups excluding tert-OH is 1. The molecule has 0 spiro atoms. The van der Waals surface area contributed by atoms with E-state index in [2.05, 4.69) is 26.0 Å². The van der Waals surface area contributed by atoms with Gasteiger partial charge in [0, 0.05) is 28.8 Å². The molecule has 0 heterocycles. The second-order valence-electron chi connectivity index (χ2n) is 17.6. The fraction of sp³-hybridized carbons (Fsp3) is 0.881. The van der Waals surface area contributed by atoms with E-state index in [0.717, 1.165) is 77.0 Å². The minimum atomic E-state index is -2.94. The van der Waals surface area contributed by atoms with Gasteiger partial charge < -0.3 is 14.6 Å². The number of hydrogen-bond donors (Lipinski definition) is 2. The summed E-state index contributed by atoms with van der Waals surface area (Å²) in [6.07, 6.45) is 17.8. The number of aliphatic hydroxyl groups is 2. The van der Waals surface area contributed by atoms with Gasteiger partial charge in [0.1, 0.15) is 5.78 Å². The maximum Gasteiger partial charge on any atom is 0.184 e. The highest BCUT2D eigenvalue weighted by molar-refractivity contribution is 6.69. The first-order valence-corrected chi connectivity index (χ1v) is 21.7. The number of carbonyl (C=O) groups is 1. The minimum Gasteiger partial charge on any atom is -0.413 e.